The molecule has 2 heterocycles. The fourth-order valence-electron chi connectivity index (χ4n) is 3.43. The third-order valence-electron chi connectivity index (χ3n) is 5.25. The SMILES string of the molecule is COc1ccc(OCCOc2ccc(/C=C(/C#N)C(=O)Nc3nnc(N4CCCC4)s3)cc2)cc1. The number of methoxy groups -OCH3 is 1. The topological polar surface area (TPSA) is 110 Å². The summed E-state index contributed by atoms with van der Waals surface area (Å²) in [4.78, 5) is 14.7. The van der Waals surface area contributed by atoms with Gasteiger partial charge in [0.25, 0.3) is 5.91 Å². The minimum atomic E-state index is -0.521. The van der Waals surface area contributed by atoms with E-state index in [0.29, 0.717) is 29.7 Å². The minimum absolute atomic E-state index is 0.0236. The number of nitriles is 1. The van der Waals surface area contributed by atoms with E-state index in [1.165, 1.54) is 17.4 Å². The molecule has 1 aromatic heterocycles. The number of ether oxygens (including phenoxy) is 3. The van der Waals surface area contributed by atoms with Crippen molar-refractivity contribution in [3.8, 4) is 23.3 Å². The first-order valence-corrected chi connectivity index (χ1v) is 12.0. The Morgan fingerprint density at radius 1 is 1.03 bits per heavy atom. The second-order valence-electron chi connectivity index (χ2n) is 7.65. The van der Waals surface area contributed by atoms with Crippen LogP contribution in [0.1, 0.15) is 18.4 Å². The van der Waals surface area contributed by atoms with Crippen molar-refractivity contribution in [3.05, 3.63) is 59.7 Å². The highest BCUT2D eigenvalue weighted by molar-refractivity contribution is 7.19. The van der Waals surface area contributed by atoms with Gasteiger partial charge in [-0.3, -0.25) is 10.1 Å². The van der Waals surface area contributed by atoms with Gasteiger partial charge in [-0.2, -0.15) is 5.26 Å². The average molecular weight is 492 g/mol. The van der Waals surface area contributed by atoms with E-state index in [-0.39, 0.29) is 5.57 Å². The zero-order valence-corrected chi connectivity index (χ0v) is 20.1. The van der Waals surface area contributed by atoms with E-state index in [4.69, 9.17) is 14.2 Å². The van der Waals surface area contributed by atoms with Crippen LogP contribution in [0.4, 0.5) is 10.3 Å². The first-order valence-electron chi connectivity index (χ1n) is 11.2. The van der Waals surface area contributed by atoms with Crippen LogP contribution in [0.5, 0.6) is 17.2 Å². The van der Waals surface area contributed by atoms with Gasteiger partial charge in [0, 0.05) is 13.1 Å². The summed E-state index contributed by atoms with van der Waals surface area (Å²) < 4.78 is 16.5. The number of nitrogens with zero attached hydrogens (tertiary/aromatic N) is 4. The highest BCUT2D eigenvalue weighted by Crippen LogP contribution is 2.27. The van der Waals surface area contributed by atoms with Crippen molar-refractivity contribution in [3.63, 3.8) is 0 Å². The van der Waals surface area contributed by atoms with Crippen molar-refractivity contribution < 1.29 is 19.0 Å². The van der Waals surface area contributed by atoms with Gasteiger partial charge in [-0.15, -0.1) is 10.2 Å². The maximum Gasteiger partial charge on any atom is 0.268 e. The number of benzene rings is 2. The van der Waals surface area contributed by atoms with Gasteiger partial charge >= 0.3 is 0 Å². The molecule has 4 rings (SSSR count). The maximum atomic E-state index is 12.6. The Hall–Kier alpha value is -4.10. The van der Waals surface area contributed by atoms with Crippen LogP contribution in [0.15, 0.2) is 54.1 Å². The third-order valence-corrected chi connectivity index (χ3v) is 6.15. The molecule has 0 radical (unpaired) electrons. The number of hydrogen-bond acceptors (Lipinski definition) is 9. The first-order chi connectivity index (χ1) is 17.1. The van der Waals surface area contributed by atoms with Gasteiger partial charge < -0.3 is 19.1 Å². The quantitative estimate of drug-likeness (QED) is 0.256. The molecule has 0 saturated carbocycles. The van der Waals surface area contributed by atoms with Gasteiger partial charge in [0.15, 0.2) is 0 Å². The van der Waals surface area contributed by atoms with E-state index >= 15 is 0 Å². The molecule has 9 nitrogen and oxygen atoms in total. The number of carbonyl (C=O) groups excluding carboxylic acids is 1. The average Bonchev–Trinajstić information content (AvgIpc) is 3.59. The summed E-state index contributed by atoms with van der Waals surface area (Å²) in [7, 11) is 1.62. The summed E-state index contributed by atoms with van der Waals surface area (Å²) in [6.07, 6.45) is 3.78. The second-order valence-corrected chi connectivity index (χ2v) is 8.61. The molecule has 0 spiro atoms. The third kappa shape index (κ3) is 6.71. The largest absolute Gasteiger partial charge is 0.497 e. The normalized spacial score (nSPS) is 13.3. The van der Waals surface area contributed by atoms with E-state index in [1.807, 2.05) is 30.3 Å². The molecule has 1 aliphatic heterocycles. The van der Waals surface area contributed by atoms with Crippen LogP contribution in [-0.4, -0.2) is 49.5 Å². The molecule has 35 heavy (non-hydrogen) atoms. The molecular weight excluding hydrogens is 466 g/mol. The van der Waals surface area contributed by atoms with Crippen molar-refractivity contribution in [1.29, 1.82) is 5.26 Å². The monoisotopic (exact) mass is 491 g/mol. The molecule has 1 fully saturated rings. The number of nitrogens with one attached hydrogen (secondary N) is 1. The lowest BCUT2D eigenvalue weighted by Crippen LogP contribution is -2.17. The molecule has 180 valence electrons. The van der Waals surface area contributed by atoms with Crippen LogP contribution in [0, 0.1) is 11.3 Å². The maximum absolute atomic E-state index is 12.6. The molecule has 3 aromatic rings. The predicted octanol–water partition coefficient (Wildman–Crippen LogP) is 4.15. The van der Waals surface area contributed by atoms with Gasteiger partial charge in [0.2, 0.25) is 10.3 Å². The van der Waals surface area contributed by atoms with Crippen molar-refractivity contribution in [2.24, 2.45) is 0 Å². The highest BCUT2D eigenvalue weighted by atomic mass is 32.1. The summed E-state index contributed by atoms with van der Waals surface area (Å²) in [6.45, 7) is 2.65. The number of anilines is 2. The van der Waals surface area contributed by atoms with E-state index < -0.39 is 5.91 Å². The van der Waals surface area contributed by atoms with Crippen molar-refractivity contribution in [2.45, 2.75) is 12.8 Å². The number of rotatable bonds is 10. The molecule has 10 heteroatoms. The van der Waals surface area contributed by atoms with Gasteiger partial charge in [-0.05, 0) is 60.9 Å². The zero-order valence-electron chi connectivity index (χ0n) is 19.3. The Morgan fingerprint density at radius 2 is 1.63 bits per heavy atom. The summed E-state index contributed by atoms with van der Waals surface area (Å²) in [5.74, 6) is 1.64. The molecule has 0 aliphatic carbocycles. The van der Waals surface area contributed by atoms with Crippen LogP contribution >= 0.6 is 11.3 Å². The minimum Gasteiger partial charge on any atom is -0.497 e. The lowest BCUT2D eigenvalue weighted by atomic mass is 10.1. The Morgan fingerprint density at radius 3 is 2.23 bits per heavy atom. The lowest BCUT2D eigenvalue weighted by Gasteiger charge is -2.10. The molecule has 2 aromatic carbocycles. The molecule has 1 saturated heterocycles. The smallest absolute Gasteiger partial charge is 0.268 e. The standard InChI is InChI=1S/C25H25N5O4S/c1-32-20-8-10-22(11-9-20)34-15-14-33-21-6-4-18(5-7-21)16-19(17-26)23(31)27-24-28-29-25(35-24)30-12-2-3-13-30/h4-11,16H,2-3,12-15H2,1H3,(H,27,28,31)/b19-16-. The molecule has 0 bridgehead atoms. The van der Waals surface area contributed by atoms with Crippen LogP contribution in [0.25, 0.3) is 6.08 Å². The van der Waals surface area contributed by atoms with Crippen LogP contribution in [0.3, 0.4) is 0 Å². The van der Waals surface area contributed by atoms with Crippen LogP contribution in [-0.2, 0) is 4.79 Å². The van der Waals surface area contributed by atoms with Gasteiger partial charge in [-0.1, -0.05) is 23.5 Å². The number of hydrogen-bond donors (Lipinski definition) is 1. The summed E-state index contributed by atoms with van der Waals surface area (Å²) >= 11 is 1.31. The van der Waals surface area contributed by atoms with E-state index in [9.17, 15) is 10.1 Å². The van der Waals surface area contributed by atoms with E-state index in [1.54, 1.807) is 31.4 Å². The van der Waals surface area contributed by atoms with Crippen molar-refractivity contribution in [2.75, 3.05) is 43.6 Å². The predicted molar refractivity (Wildman–Crippen MR) is 134 cm³/mol. The fourth-order valence-corrected chi connectivity index (χ4v) is 4.22. The summed E-state index contributed by atoms with van der Waals surface area (Å²) in [6, 6.07) is 16.4. The molecule has 0 unspecified atom stereocenters. The number of carbonyl (C=O) groups is 1. The van der Waals surface area contributed by atoms with Crippen molar-refractivity contribution >= 4 is 33.6 Å². The van der Waals surface area contributed by atoms with E-state index in [0.717, 1.165) is 42.6 Å². The highest BCUT2D eigenvalue weighted by Gasteiger charge is 2.18. The zero-order chi connectivity index (χ0) is 24.5. The summed E-state index contributed by atoms with van der Waals surface area (Å²) in [5, 5.41) is 21.5. The molecular formula is C25H25N5O4S. The summed E-state index contributed by atoms with van der Waals surface area (Å²) in [5.41, 5.74) is 0.679. The van der Waals surface area contributed by atoms with Gasteiger partial charge in [0.05, 0.1) is 7.11 Å². The number of amides is 1. The van der Waals surface area contributed by atoms with E-state index in [2.05, 4.69) is 20.4 Å². The van der Waals surface area contributed by atoms with Gasteiger partial charge in [-0.25, -0.2) is 0 Å². The molecule has 0 atom stereocenters. The molecule has 1 N–H and O–H groups in total. The lowest BCUT2D eigenvalue weighted by molar-refractivity contribution is -0.112. The van der Waals surface area contributed by atoms with Crippen LogP contribution < -0.4 is 24.4 Å². The molecule has 1 aliphatic rings. The Kier molecular flexibility index (Phi) is 8.14. The molecule has 1 amide bonds. The first kappa shape index (κ1) is 24.0. The number of aromatic nitrogens is 2. The Bertz CT molecular complexity index is 1200. The second kappa shape index (κ2) is 11.9. The van der Waals surface area contributed by atoms with Crippen LogP contribution in [0.2, 0.25) is 0 Å². The van der Waals surface area contributed by atoms with Crippen molar-refractivity contribution in [1.82, 2.24) is 10.2 Å². The fraction of sp³-hybridized carbons (Fsp3) is 0.280. The Balaban J connectivity index is 1.26. The van der Waals surface area contributed by atoms with Gasteiger partial charge in [0.1, 0.15) is 42.1 Å². The Labute approximate surface area is 207 Å².